The van der Waals surface area contributed by atoms with Crippen LogP contribution < -0.4 is 9.47 Å². The number of methoxy groups -OCH3 is 2. The third-order valence-electron chi connectivity index (χ3n) is 8.61. The Kier molecular flexibility index (Phi) is 14.9. The van der Waals surface area contributed by atoms with E-state index in [9.17, 15) is 5.11 Å². The zero-order valence-corrected chi connectivity index (χ0v) is 26.0. The fourth-order valence-electron chi connectivity index (χ4n) is 6.18. The highest BCUT2D eigenvalue weighted by atomic mass is 16.5. The fraction of sp³-hybridized carbons (Fsp3) is 0.526. The first-order valence-electron chi connectivity index (χ1n) is 16.1. The zero-order valence-electron chi connectivity index (χ0n) is 26.0. The molecule has 0 fully saturated rings. The number of hydrogen-bond donors (Lipinski definition) is 1. The summed E-state index contributed by atoms with van der Waals surface area (Å²) >= 11 is 0. The Hall–Kier alpha value is -2.78. The van der Waals surface area contributed by atoms with Crippen LogP contribution in [0.2, 0.25) is 0 Å². The van der Waals surface area contributed by atoms with Crippen LogP contribution in [0.4, 0.5) is 0 Å². The van der Waals surface area contributed by atoms with Crippen molar-refractivity contribution in [1.29, 1.82) is 0 Å². The van der Waals surface area contributed by atoms with E-state index in [1.165, 1.54) is 100 Å². The van der Waals surface area contributed by atoms with Crippen LogP contribution in [0.1, 0.15) is 120 Å². The van der Waals surface area contributed by atoms with E-state index in [-0.39, 0.29) is 11.5 Å². The summed E-state index contributed by atoms with van der Waals surface area (Å²) in [5, 5.41) is 9.35. The largest absolute Gasteiger partial charge is 0.497 e. The number of unbranched alkanes of at least 4 members (excludes halogenated alkanes) is 12. The molecule has 224 valence electrons. The minimum atomic E-state index is -0.226. The quantitative estimate of drug-likeness (QED) is 0.104. The maximum atomic E-state index is 9.35. The van der Waals surface area contributed by atoms with Crippen LogP contribution in [0, 0.1) is 0 Å². The van der Waals surface area contributed by atoms with Gasteiger partial charge in [-0.05, 0) is 60.7 Å². The third kappa shape index (κ3) is 10.5. The maximum Gasteiger partial charge on any atom is 0.118 e. The van der Waals surface area contributed by atoms with Gasteiger partial charge in [-0.25, -0.2) is 0 Å². The van der Waals surface area contributed by atoms with Crippen LogP contribution >= 0.6 is 0 Å². The molecule has 3 nitrogen and oxygen atoms in total. The molecule has 0 amide bonds. The van der Waals surface area contributed by atoms with Gasteiger partial charge in [0.15, 0.2) is 0 Å². The van der Waals surface area contributed by atoms with Crippen molar-refractivity contribution in [2.24, 2.45) is 0 Å². The predicted molar refractivity (Wildman–Crippen MR) is 173 cm³/mol. The Morgan fingerprint density at radius 2 is 0.878 bits per heavy atom. The van der Waals surface area contributed by atoms with E-state index in [1.807, 2.05) is 6.92 Å². The Balaban J connectivity index is 1.53. The second-order valence-corrected chi connectivity index (χ2v) is 11.7. The average molecular weight is 559 g/mol. The van der Waals surface area contributed by atoms with Crippen molar-refractivity contribution >= 4 is 0 Å². The van der Waals surface area contributed by atoms with Crippen molar-refractivity contribution < 1.29 is 14.6 Å². The van der Waals surface area contributed by atoms with E-state index in [0.717, 1.165) is 24.3 Å². The summed E-state index contributed by atoms with van der Waals surface area (Å²) in [5.74, 6) is 1.77. The highest BCUT2D eigenvalue weighted by Crippen LogP contribution is 2.44. The Morgan fingerprint density at radius 3 is 1.27 bits per heavy atom. The first-order chi connectivity index (χ1) is 20.1. The molecule has 0 aliphatic heterocycles. The minimum absolute atomic E-state index is 0.136. The zero-order chi connectivity index (χ0) is 29.2. The summed E-state index contributed by atoms with van der Waals surface area (Å²) in [6.45, 7) is 1.89. The van der Waals surface area contributed by atoms with Crippen molar-refractivity contribution in [2.75, 3.05) is 14.2 Å². The summed E-state index contributed by atoms with van der Waals surface area (Å²) in [6.07, 6.45) is 18.9. The van der Waals surface area contributed by atoms with Crippen molar-refractivity contribution in [3.8, 4) is 11.5 Å². The topological polar surface area (TPSA) is 38.7 Å². The SMILES string of the molecule is COc1ccc(C(CCCCCCCCCCCCCCCC(C)O)(c2ccccc2)c2ccc(OC)cc2)cc1. The van der Waals surface area contributed by atoms with Crippen molar-refractivity contribution in [2.45, 2.75) is 115 Å². The summed E-state index contributed by atoms with van der Waals surface area (Å²) in [7, 11) is 3.46. The molecule has 1 unspecified atom stereocenters. The van der Waals surface area contributed by atoms with Gasteiger partial charge in [0.25, 0.3) is 0 Å². The predicted octanol–water partition coefficient (Wildman–Crippen LogP) is 10.3. The van der Waals surface area contributed by atoms with Crippen LogP contribution in [0.3, 0.4) is 0 Å². The average Bonchev–Trinajstić information content (AvgIpc) is 3.01. The van der Waals surface area contributed by atoms with Gasteiger partial charge < -0.3 is 14.6 Å². The van der Waals surface area contributed by atoms with E-state index in [2.05, 4.69) is 78.9 Å². The highest BCUT2D eigenvalue weighted by Gasteiger charge is 2.35. The van der Waals surface area contributed by atoms with Gasteiger partial charge in [0.05, 0.1) is 20.3 Å². The highest BCUT2D eigenvalue weighted by molar-refractivity contribution is 5.52. The van der Waals surface area contributed by atoms with Gasteiger partial charge >= 0.3 is 0 Å². The third-order valence-corrected chi connectivity index (χ3v) is 8.61. The van der Waals surface area contributed by atoms with Crippen LogP contribution in [0.15, 0.2) is 78.9 Å². The molecule has 1 atom stereocenters. The second kappa shape index (κ2) is 18.6. The molecule has 0 heterocycles. The molecule has 0 saturated carbocycles. The molecule has 0 aliphatic rings. The van der Waals surface area contributed by atoms with Gasteiger partial charge in [-0.3, -0.25) is 0 Å². The number of hydrogen-bond acceptors (Lipinski definition) is 3. The van der Waals surface area contributed by atoms with E-state index in [1.54, 1.807) is 14.2 Å². The van der Waals surface area contributed by atoms with Gasteiger partial charge in [0.1, 0.15) is 11.5 Å². The molecule has 3 aromatic rings. The molecule has 3 heteroatoms. The van der Waals surface area contributed by atoms with Gasteiger partial charge in [0.2, 0.25) is 0 Å². The van der Waals surface area contributed by atoms with E-state index in [4.69, 9.17) is 9.47 Å². The molecule has 0 radical (unpaired) electrons. The molecule has 0 bridgehead atoms. The minimum Gasteiger partial charge on any atom is -0.497 e. The van der Waals surface area contributed by atoms with Crippen molar-refractivity contribution in [1.82, 2.24) is 0 Å². The first-order valence-corrected chi connectivity index (χ1v) is 16.1. The van der Waals surface area contributed by atoms with Gasteiger partial charge in [-0.2, -0.15) is 0 Å². The lowest BCUT2D eigenvalue weighted by Crippen LogP contribution is -2.29. The van der Waals surface area contributed by atoms with E-state index >= 15 is 0 Å². The molecule has 41 heavy (non-hydrogen) atoms. The van der Waals surface area contributed by atoms with Gasteiger partial charge in [0, 0.05) is 5.41 Å². The Bertz CT molecular complexity index is 1010. The number of ether oxygens (including phenoxy) is 2. The number of benzene rings is 3. The van der Waals surface area contributed by atoms with Crippen molar-refractivity contribution in [3.05, 3.63) is 95.6 Å². The Labute approximate surface area is 250 Å². The molecule has 3 rings (SSSR count). The number of rotatable bonds is 21. The van der Waals surface area contributed by atoms with Gasteiger partial charge in [-0.15, -0.1) is 0 Å². The second-order valence-electron chi connectivity index (χ2n) is 11.7. The number of aliphatic hydroxyl groups is 1. The normalized spacial score (nSPS) is 12.3. The monoisotopic (exact) mass is 558 g/mol. The summed E-state index contributed by atoms with van der Waals surface area (Å²) in [4.78, 5) is 0. The Morgan fingerprint density at radius 1 is 0.512 bits per heavy atom. The van der Waals surface area contributed by atoms with Crippen molar-refractivity contribution in [3.63, 3.8) is 0 Å². The molecule has 3 aromatic carbocycles. The smallest absolute Gasteiger partial charge is 0.118 e. The summed E-state index contributed by atoms with van der Waals surface area (Å²) in [5.41, 5.74) is 3.71. The summed E-state index contributed by atoms with van der Waals surface area (Å²) in [6, 6.07) is 28.3. The van der Waals surface area contributed by atoms with Crippen LogP contribution in [-0.2, 0) is 5.41 Å². The van der Waals surface area contributed by atoms with E-state index in [0.29, 0.717) is 0 Å². The molecular formula is C38H54O3. The fourth-order valence-corrected chi connectivity index (χ4v) is 6.18. The molecule has 1 N–H and O–H groups in total. The molecule has 0 spiro atoms. The lowest BCUT2D eigenvalue weighted by molar-refractivity contribution is 0.180. The molecular weight excluding hydrogens is 504 g/mol. The molecule has 0 saturated heterocycles. The first kappa shape index (κ1) is 32.7. The van der Waals surface area contributed by atoms with Crippen LogP contribution in [0.25, 0.3) is 0 Å². The van der Waals surface area contributed by atoms with E-state index < -0.39 is 0 Å². The maximum absolute atomic E-state index is 9.35. The number of aliphatic hydroxyl groups excluding tert-OH is 1. The standard InChI is InChI=1S/C38H54O3/c1-32(39)20-16-13-11-9-7-5-4-6-8-10-12-14-19-31-38(33-21-17-15-18-22-33,34-23-27-36(40-2)28-24-34)35-25-29-37(41-3)30-26-35/h15,17-18,21-30,32,39H,4-14,16,19-20,31H2,1-3H3. The van der Waals surface area contributed by atoms with Crippen LogP contribution in [0.5, 0.6) is 11.5 Å². The lowest BCUT2D eigenvalue weighted by Gasteiger charge is -2.36. The molecule has 0 aliphatic carbocycles. The molecule has 0 aromatic heterocycles. The van der Waals surface area contributed by atoms with Crippen LogP contribution in [-0.4, -0.2) is 25.4 Å². The summed E-state index contributed by atoms with van der Waals surface area (Å²) < 4.78 is 11.0. The van der Waals surface area contributed by atoms with Gasteiger partial charge in [-0.1, -0.05) is 138 Å². The lowest BCUT2D eigenvalue weighted by atomic mass is 9.66.